The van der Waals surface area contributed by atoms with Crippen LogP contribution in [0.5, 0.6) is 0 Å². The van der Waals surface area contributed by atoms with E-state index in [1.165, 1.54) is 6.07 Å². The van der Waals surface area contributed by atoms with E-state index >= 15 is 0 Å². The standard InChI is InChI=1S/C15H16BrFN2/c1-10-3-12(7-14(17)4-10)15(18-2)6-11-5-13(16)9-19-8-11/h3-5,7-9,15,18H,6H2,1-2H3. The van der Waals surface area contributed by atoms with Gasteiger partial charge in [0.15, 0.2) is 0 Å². The predicted octanol–water partition coefficient (Wildman–Crippen LogP) is 3.79. The van der Waals surface area contributed by atoms with Gasteiger partial charge in [-0.3, -0.25) is 4.98 Å². The van der Waals surface area contributed by atoms with Crippen LogP contribution in [-0.2, 0) is 6.42 Å². The molecule has 0 aliphatic rings. The number of rotatable bonds is 4. The van der Waals surface area contributed by atoms with Gasteiger partial charge >= 0.3 is 0 Å². The summed E-state index contributed by atoms with van der Waals surface area (Å²) in [7, 11) is 1.89. The fourth-order valence-electron chi connectivity index (χ4n) is 2.16. The van der Waals surface area contributed by atoms with E-state index < -0.39 is 0 Å². The van der Waals surface area contributed by atoms with Gasteiger partial charge in [-0.2, -0.15) is 0 Å². The fourth-order valence-corrected chi connectivity index (χ4v) is 2.57. The minimum absolute atomic E-state index is 0.0745. The lowest BCUT2D eigenvalue weighted by atomic mass is 9.98. The predicted molar refractivity (Wildman–Crippen MR) is 78.6 cm³/mol. The van der Waals surface area contributed by atoms with Crippen LogP contribution in [0.15, 0.2) is 41.1 Å². The number of halogens is 2. The summed E-state index contributed by atoms with van der Waals surface area (Å²) in [4.78, 5) is 4.15. The Morgan fingerprint density at radius 3 is 2.68 bits per heavy atom. The number of nitrogens with zero attached hydrogens (tertiary/aromatic N) is 1. The lowest BCUT2D eigenvalue weighted by Crippen LogP contribution is -2.19. The highest BCUT2D eigenvalue weighted by Gasteiger charge is 2.12. The van der Waals surface area contributed by atoms with Crippen LogP contribution in [-0.4, -0.2) is 12.0 Å². The summed E-state index contributed by atoms with van der Waals surface area (Å²) < 4.78 is 14.4. The van der Waals surface area contributed by atoms with Crippen molar-refractivity contribution < 1.29 is 4.39 Å². The van der Waals surface area contributed by atoms with Gasteiger partial charge in [0.25, 0.3) is 0 Å². The lowest BCUT2D eigenvalue weighted by molar-refractivity contribution is 0.575. The molecule has 4 heteroatoms. The van der Waals surface area contributed by atoms with Crippen LogP contribution in [0.2, 0.25) is 0 Å². The summed E-state index contributed by atoms with van der Waals surface area (Å²) in [6.45, 7) is 1.90. The molecule has 0 aliphatic carbocycles. The Morgan fingerprint density at radius 2 is 2.05 bits per heavy atom. The lowest BCUT2D eigenvalue weighted by Gasteiger charge is -2.17. The van der Waals surface area contributed by atoms with E-state index in [0.717, 1.165) is 27.6 Å². The molecule has 1 aromatic carbocycles. The molecule has 0 spiro atoms. The average Bonchev–Trinajstić information content (AvgIpc) is 2.34. The third kappa shape index (κ3) is 3.85. The summed E-state index contributed by atoms with van der Waals surface area (Å²) in [6.07, 6.45) is 4.36. The van der Waals surface area contributed by atoms with E-state index in [0.29, 0.717) is 0 Å². The fraction of sp³-hybridized carbons (Fsp3) is 0.267. The summed E-state index contributed by atoms with van der Waals surface area (Å²) in [5.41, 5.74) is 3.00. The maximum Gasteiger partial charge on any atom is 0.123 e. The third-order valence-corrected chi connectivity index (χ3v) is 3.45. The van der Waals surface area contributed by atoms with Gasteiger partial charge in [0.05, 0.1) is 0 Å². The number of aryl methyl sites for hydroxylation is 1. The Bertz CT molecular complexity index is 552. The monoisotopic (exact) mass is 322 g/mol. The van der Waals surface area contributed by atoms with E-state index in [1.54, 1.807) is 12.3 Å². The van der Waals surface area contributed by atoms with Crippen molar-refractivity contribution in [2.75, 3.05) is 7.05 Å². The van der Waals surface area contributed by atoms with Gasteiger partial charge in [-0.05, 0) is 71.2 Å². The SMILES string of the molecule is CNC(Cc1cncc(Br)c1)c1cc(C)cc(F)c1. The van der Waals surface area contributed by atoms with Crippen LogP contribution in [0, 0.1) is 12.7 Å². The van der Waals surface area contributed by atoms with Crippen LogP contribution in [0.25, 0.3) is 0 Å². The molecule has 0 bridgehead atoms. The maximum absolute atomic E-state index is 13.5. The molecule has 19 heavy (non-hydrogen) atoms. The third-order valence-electron chi connectivity index (χ3n) is 3.02. The minimum atomic E-state index is -0.192. The van der Waals surface area contributed by atoms with Crippen molar-refractivity contribution in [3.05, 3.63) is 63.6 Å². The Balaban J connectivity index is 2.24. The summed E-state index contributed by atoms with van der Waals surface area (Å²) in [6, 6.07) is 7.24. The van der Waals surface area contributed by atoms with Crippen LogP contribution in [0.1, 0.15) is 22.7 Å². The summed E-state index contributed by atoms with van der Waals surface area (Å²) in [5, 5.41) is 3.23. The van der Waals surface area contributed by atoms with E-state index in [1.807, 2.05) is 32.3 Å². The van der Waals surface area contributed by atoms with Gasteiger partial charge < -0.3 is 5.32 Å². The molecule has 1 heterocycles. The smallest absolute Gasteiger partial charge is 0.123 e. The molecule has 0 saturated heterocycles. The largest absolute Gasteiger partial charge is 0.313 e. The molecule has 0 amide bonds. The second-order valence-electron chi connectivity index (χ2n) is 4.62. The van der Waals surface area contributed by atoms with Crippen LogP contribution < -0.4 is 5.32 Å². The molecule has 0 saturated carbocycles. The molecule has 1 unspecified atom stereocenters. The number of likely N-dealkylation sites (N-methyl/N-ethyl adjacent to an activating group) is 1. The van der Waals surface area contributed by atoms with E-state index in [2.05, 4.69) is 26.2 Å². The van der Waals surface area contributed by atoms with Crippen molar-refractivity contribution in [2.24, 2.45) is 0 Å². The summed E-state index contributed by atoms with van der Waals surface area (Å²) in [5.74, 6) is -0.192. The first-order valence-electron chi connectivity index (χ1n) is 6.12. The zero-order valence-electron chi connectivity index (χ0n) is 11.0. The first-order valence-corrected chi connectivity index (χ1v) is 6.91. The molecule has 2 rings (SSSR count). The number of pyridine rings is 1. The molecule has 0 fully saturated rings. The van der Waals surface area contributed by atoms with Crippen LogP contribution >= 0.6 is 15.9 Å². The average molecular weight is 323 g/mol. The van der Waals surface area contributed by atoms with Gasteiger partial charge in [0.2, 0.25) is 0 Å². The normalized spacial score (nSPS) is 12.4. The second kappa shape index (κ2) is 6.26. The number of nitrogens with one attached hydrogen (secondary N) is 1. The van der Waals surface area contributed by atoms with Gasteiger partial charge in [0, 0.05) is 22.9 Å². The highest BCUT2D eigenvalue weighted by Crippen LogP contribution is 2.21. The molecule has 2 nitrogen and oxygen atoms in total. The minimum Gasteiger partial charge on any atom is -0.313 e. The first-order chi connectivity index (χ1) is 9.08. The Morgan fingerprint density at radius 1 is 1.26 bits per heavy atom. The number of hydrogen-bond acceptors (Lipinski definition) is 2. The molecule has 0 aliphatic heterocycles. The van der Waals surface area contributed by atoms with Crippen molar-refractivity contribution in [1.29, 1.82) is 0 Å². The van der Waals surface area contributed by atoms with Crippen LogP contribution in [0.3, 0.4) is 0 Å². The first kappa shape index (κ1) is 14.2. The van der Waals surface area contributed by atoms with Crippen molar-refractivity contribution >= 4 is 15.9 Å². The maximum atomic E-state index is 13.5. The molecular formula is C15H16BrFN2. The van der Waals surface area contributed by atoms with E-state index in [-0.39, 0.29) is 11.9 Å². The Labute approximate surface area is 121 Å². The van der Waals surface area contributed by atoms with Crippen molar-refractivity contribution in [3.8, 4) is 0 Å². The Hall–Kier alpha value is -1.26. The molecule has 0 radical (unpaired) electrons. The number of hydrogen-bond donors (Lipinski definition) is 1. The summed E-state index contributed by atoms with van der Waals surface area (Å²) >= 11 is 3.41. The second-order valence-corrected chi connectivity index (χ2v) is 5.53. The molecule has 1 atom stereocenters. The van der Waals surface area contributed by atoms with Gasteiger partial charge in [-0.25, -0.2) is 4.39 Å². The zero-order valence-corrected chi connectivity index (χ0v) is 12.5. The molecular weight excluding hydrogens is 307 g/mol. The quantitative estimate of drug-likeness (QED) is 0.926. The molecule has 1 N–H and O–H groups in total. The Kier molecular flexibility index (Phi) is 4.66. The highest BCUT2D eigenvalue weighted by atomic mass is 79.9. The van der Waals surface area contributed by atoms with Crippen molar-refractivity contribution in [2.45, 2.75) is 19.4 Å². The zero-order chi connectivity index (χ0) is 13.8. The van der Waals surface area contributed by atoms with E-state index in [4.69, 9.17) is 0 Å². The van der Waals surface area contributed by atoms with Crippen molar-refractivity contribution in [3.63, 3.8) is 0 Å². The van der Waals surface area contributed by atoms with Gasteiger partial charge in [-0.1, -0.05) is 6.07 Å². The molecule has 2 aromatic rings. The van der Waals surface area contributed by atoms with Gasteiger partial charge in [-0.15, -0.1) is 0 Å². The molecule has 1 aromatic heterocycles. The van der Waals surface area contributed by atoms with Crippen molar-refractivity contribution in [1.82, 2.24) is 10.3 Å². The van der Waals surface area contributed by atoms with Gasteiger partial charge in [0.1, 0.15) is 5.82 Å². The number of benzene rings is 1. The highest BCUT2D eigenvalue weighted by molar-refractivity contribution is 9.10. The van der Waals surface area contributed by atoms with Crippen LogP contribution in [0.4, 0.5) is 4.39 Å². The number of aromatic nitrogens is 1. The molecule has 100 valence electrons. The van der Waals surface area contributed by atoms with E-state index in [9.17, 15) is 4.39 Å². The topological polar surface area (TPSA) is 24.9 Å².